The van der Waals surface area contributed by atoms with Gasteiger partial charge in [0, 0.05) is 43.5 Å². The molecule has 5 nitrogen and oxygen atoms in total. The third-order valence-corrected chi connectivity index (χ3v) is 5.04. The number of para-hydroxylation sites is 1. The standard InChI is InChI=1S/C21H19F3N4O/c1-14-12-17(16-4-2-3-5-18(16)26-14)20(29)28-10-8-27(9-11-28)19-7-6-15(13-25-19)21(22,23)24/h2-7,12-13H,8-11H2,1H3. The van der Waals surface area contributed by atoms with Crippen LogP contribution in [0.15, 0.2) is 48.7 Å². The normalized spacial score (nSPS) is 15.0. The molecule has 2 aromatic heterocycles. The first-order chi connectivity index (χ1) is 13.8. The van der Waals surface area contributed by atoms with Crippen LogP contribution in [0.1, 0.15) is 21.6 Å². The maximum absolute atomic E-state index is 13.1. The summed E-state index contributed by atoms with van der Waals surface area (Å²) in [5, 5.41) is 0.815. The second kappa shape index (κ2) is 7.35. The number of pyridine rings is 2. The lowest BCUT2D eigenvalue weighted by atomic mass is 10.1. The van der Waals surface area contributed by atoms with Gasteiger partial charge < -0.3 is 9.80 Å². The molecule has 1 saturated heterocycles. The van der Waals surface area contributed by atoms with E-state index in [2.05, 4.69) is 9.97 Å². The minimum absolute atomic E-state index is 0.0632. The van der Waals surface area contributed by atoms with E-state index in [1.54, 1.807) is 11.0 Å². The van der Waals surface area contributed by atoms with Crippen LogP contribution in [0.4, 0.5) is 19.0 Å². The Balaban J connectivity index is 1.48. The number of carbonyl (C=O) groups is 1. The van der Waals surface area contributed by atoms with Gasteiger partial charge in [-0.3, -0.25) is 9.78 Å². The lowest BCUT2D eigenvalue weighted by Crippen LogP contribution is -2.49. The highest BCUT2D eigenvalue weighted by molar-refractivity contribution is 6.06. The fourth-order valence-corrected chi connectivity index (χ4v) is 3.53. The number of aryl methyl sites for hydroxylation is 1. The molecule has 1 amide bonds. The van der Waals surface area contributed by atoms with E-state index in [0.29, 0.717) is 37.6 Å². The van der Waals surface area contributed by atoms with Crippen molar-refractivity contribution in [3.8, 4) is 0 Å². The molecule has 0 unspecified atom stereocenters. The zero-order valence-corrected chi connectivity index (χ0v) is 15.8. The molecule has 29 heavy (non-hydrogen) atoms. The van der Waals surface area contributed by atoms with E-state index in [-0.39, 0.29) is 5.91 Å². The van der Waals surface area contributed by atoms with E-state index in [0.717, 1.165) is 28.9 Å². The molecule has 3 heterocycles. The summed E-state index contributed by atoms with van der Waals surface area (Å²) < 4.78 is 38.1. The number of halogens is 3. The number of hydrogen-bond acceptors (Lipinski definition) is 4. The van der Waals surface area contributed by atoms with Gasteiger partial charge in [0.15, 0.2) is 0 Å². The molecule has 0 aliphatic carbocycles. The van der Waals surface area contributed by atoms with Gasteiger partial charge in [0.2, 0.25) is 0 Å². The van der Waals surface area contributed by atoms with Gasteiger partial charge in [0.1, 0.15) is 5.82 Å². The van der Waals surface area contributed by atoms with E-state index in [9.17, 15) is 18.0 Å². The number of fused-ring (bicyclic) bond motifs is 1. The third-order valence-electron chi connectivity index (χ3n) is 5.04. The lowest BCUT2D eigenvalue weighted by molar-refractivity contribution is -0.137. The Morgan fingerprint density at radius 2 is 1.76 bits per heavy atom. The first kappa shape index (κ1) is 19.2. The zero-order valence-electron chi connectivity index (χ0n) is 15.8. The molecule has 1 aliphatic heterocycles. The van der Waals surface area contributed by atoms with E-state index in [4.69, 9.17) is 0 Å². The van der Waals surface area contributed by atoms with Crippen molar-refractivity contribution in [1.82, 2.24) is 14.9 Å². The maximum atomic E-state index is 13.1. The molecular weight excluding hydrogens is 381 g/mol. The highest BCUT2D eigenvalue weighted by atomic mass is 19.4. The van der Waals surface area contributed by atoms with Crippen LogP contribution in [0.3, 0.4) is 0 Å². The van der Waals surface area contributed by atoms with Gasteiger partial charge in [-0.25, -0.2) is 4.98 Å². The summed E-state index contributed by atoms with van der Waals surface area (Å²) in [4.78, 5) is 25.2. The molecule has 0 saturated carbocycles. The number of amides is 1. The van der Waals surface area contributed by atoms with Crippen LogP contribution in [-0.4, -0.2) is 47.0 Å². The molecule has 0 atom stereocenters. The Morgan fingerprint density at radius 1 is 1.03 bits per heavy atom. The first-order valence-electron chi connectivity index (χ1n) is 9.27. The SMILES string of the molecule is Cc1cc(C(=O)N2CCN(c3ccc(C(F)(F)F)cn3)CC2)c2ccccc2n1. The van der Waals surface area contributed by atoms with Crippen molar-refractivity contribution in [3.05, 3.63) is 65.5 Å². The molecule has 0 spiro atoms. The summed E-state index contributed by atoms with van der Waals surface area (Å²) in [5.41, 5.74) is 1.41. The number of aromatic nitrogens is 2. The lowest BCUT2D eigenvalue weighted by Gasteiger charge is -2.35. The summed E-state index contributed by atoms with van der Waals surface area (Å²) in [5.74, 6) is 0.419. The number of benzene rings is 1. The van der Waals surface area contributed by atoms with Gasteiger partial charge in [-0.2, -0.15) is 13.2 Å². The topological polar surface area (TPSA) is 49.3 Å². The zero-order chi connectivity index (χ0) is 20.6. The minimum Gasteiger partial charge on any atom is -0.353 e. The fraction of sp³-hybridized carbons (Fsp3) is 0.286. The monoisotopic (exact) mass is 400 g/mol. The predicted octanol–water partition coefficient (Wildman–Crippen LogP) is 3.92. The van der Waals surface area contributed by atoms with Gasteiger partial charge >= 0.3 is 6.18 Å². The van der Waals surface area contributed by atoms with Crippen LogP contribution in [0, 0.1) is 6.92 Å². The van der Waals surface area contributed by atoms with E-state index < -0.39 is 11.7 Å². The van der Waals surface area contributed by atoms with Crippen LogP contribution >= 0.6 is 0 Å². The average Bonchev–Trinajstić information content (AvgIpc) is 2.72. The Kier molecular flexibility index (Phi) is 4.86. The summed E-state index contributed by atoms with van der Waals surface area (Å²) in [7, 11) is 0. The van der Waals surface area contributed by atoms with E-state index in [1.807, 2.05) is 36.1 Å². The smallest absolute Gasteiger partial charge is 0.353 e. The van der Waals surface area contributed by atoms with Crippen molar-refractivity contribution in [2.75, 3.05) is 31.1 Å². The number of carbonyl (C=O) groups excluding carboxylic acids is 1. The highest BCUT2D eigenvalue weighted by Crippen LogP contribution is 2.29. The van der Waals surface area contributed by atoms with Crippen molar-refractivity contribution < 1.29 is 18.0 Å². The van der Waals surface area contributed by atoms with E-state index in [1.165, 1.54) is 6.07 Å². The second-order valence-electron chi connectivity index (χ2n) is 7.01. The summed E-state index contributed by atoms with van der Waals surface area (Å²) in [6.45, 7) is 3.81. The van der Waals surface area contributed by atoms with Gasteiger partial charge in [0.25, 0.3) is 5.91 Å². The number of piperazine rings is 1. The molecule has 0 radical (unpaired) electrons. The van der Waals surface area contributed by atoms with Crippen LogP contribution in [0.25, 0.3) is 10.9 Å². The highest BCUT2D eigenvalue weighted by Gasteiger charge is 2.31. The molecule has 0 N–H and O–H groups in total. The number of rotatable bonds is 2. The first-order valence-corrected chi connectivity index (χ1v) is 9.27. The fourth-order valence-electron chi connectivity index (χ4n) is 3.53. The minimum atomic E-state index is -4.40. The summed E-state index contributed by atoms with van der Waals surface area (Å²) in [6.07, 6.45) is -3.55. The van der Waals surface area contributed by atoms with Gasteiger partial charge in [-0.15, -0.1) is 0 Å². The summed E-state index contributed by atoms with van der Waals surface area (Å²) >= 11 is 0. The molecule has 1 aromatic carbocycles. The van der Waals surface area contributed by atoms with Crippen LogP contribution in [0.5, 0.6) is 0 Å². The van der Waals surface area contributed by atoms with Crippen molar-refractivity contribution in [2.45, 2.75) is 13.1 Å². The molecule has 1 fully saturated rings. The van der Waals surface area contributed by atoms with Crippen LogP contribution < -0.4 is 4.90 Å². The van der Waals surface area contributed by atoms with Crippen molar-refractivity contribution >= 4 is 22.6 Å². The quantitative estimate of drug-likeness (QED) is 0.654. The Bertz CT molecular complexity index is 1040. The Morgan fingerprint density at radius 3 is 2.41 bits per heavy atom. The molecule has 150 valence electrons. The third kappa shape index (κ3) is 3.87. The summed E-state index contributed by atoms with van der Waals surface area (Å²) in [6, 6.07) is 11.7. The Labute approximate surface area is 165 Å². The number of alkyl halides is 3. The molecule has 8 heteroatoms. The van der Waals surface area contributed by atoms with Crippen molar-refractivity contribution in [1.29, 1.82) is 0 Å². The number of anilines is 1. The van der Waals surface area contributed by atoms with Crippen LogP contribution in [-0.2, 0) is 6.18 Å². The van der Waals surface area contributed by atoms with Gasteiger partial charge in [-0.05, 0) is 31.2 Å². The van der Waals surface area contributed by atoms with Gasteiger partial charge in [-0.1, -0.05) is 18.2 Å². The van der Waals surface area contributed by atoms with Gasteiger partial charge in [0.05, 0.1) is 16.6 Å². The van der Waals surface area contributed by atoms with E-state index >= 15 is 0 Å². The largest absolute Gasteiger partial charge is 0.417 e. The molecule has 1 aliphatic rings. The maximum Gasteiger partial charge on any atom is 0.417 e. The molecule has 3 aromatic rings. The average molecular weight is 400 g/mol. The second-order valence-corrected chi connectivity index (χ2v) is 7.01. The van der Waals surface area contributed by atoms with Crippen LogP contribution in [0.2, 0.25) is 0 Å². The molecule has 4 rings (SSSR count). The molecular formula is C21H19F3N4O. The van der Waals surface area contributed by atoms with Crippen molar-refractivity contribution in [2.24, 2.45) is 0 Å². The molecule has 0 bridgehead atoms. The number of nitrogens with zero attached hydrogens (tertiary/aromatic N) is 4. The predicted molar refractivity (Wildman–Crippen MR) is 104 cm³/mol. The van der Waals surface area contributed by atoms with Crippen molar-refractivity contribution in [3.63, 3.8) is 0 Å². The Hall–Kier alpha value is -3.16. The number of hydrogen-bond donors (Lipinski definition) is 0.